The Kier molecular flexibility index (Phi) is 2.69. The summed E-state index contributed by atoms with van der Waals surface area (Å²) < 4.78 is 1.86. The van der Waals surface area contributed by atoms with E-state index in [9.17, 15) is 0 Å². The highest BCUT2D eigenvalue weighted by molar-refractivity contribution is 5.47. The van der Waals surface area contributed by atoms with E-state index in [1.807, 2.05) is 23.9 Å². The number of hydrogen-bond donors (Lipinski definition) is 1. The molecule has 0 radical (unpaired) electrons. The van der Waals surface area contributed by atoms with Crippen LogP contribution in [-0.2, 0) is 0 Å². The smallest absolute Gasteiger partial charge is 0.0827 e. The number of nitrogens with two attached hydrogens (primary N) is 1. The van der Waals surface area contributed by atoms with E-state index < -0.39 is 0 Å². The predicted octanol–water partition coefficient (Wildman–Crippen LogP) is 2.89. The lowest BCUT2D eigenvalue weighted by Gasteiger charge is -2.11. The van der Waals surface area contributed by atoms with Crippen LogP contribution in [-0.4, -0.2) is 9.78 Å². The number of para-hydroxylation sites is 1. The number of nitrogen functional groups attached to an aromatic ring is 1. The summed E-state index contributed by atoms with van der Waals surface area (Å²) in [6.07, 6.45) is 1.87. The van der Waals surface area contributed by atoms with Gasteiger partial charge in [-0.2, -0.15) is 5.10 Å². The number of anilines is 1. The van der Waals surface area contributed by atoms with Crippen LogP contribution in [0.15, 0.2) is 30.5 Å². The zero-order valence-electron chi connectivity index (χ0n) is 9.94. The first-order valence-corrected chi connectivity index (χ1v) is 5.50. The zero-order chi connectivity index (χ0) is 11.7. The monoisotopic (exact) mass is 215 g/mol. The van der Waals surface area contributed by atoms with Crippen LogP contribution in [0.25, 0.3) is 5.69 Å². The topological polar surface area (TPSA) is 43.8 Å². The number of hydrogen-bond acceptors (Lipinski definition) is 2. The summed E-state index contributed by atoms with van der Waals surface area (Å²) in [5.74, 6) is 0.474. The second-order valence-corrected chi connectivity index (χ2v) is 4.33. The molecular formula is C13H17N3. The highest BCUT2D eigenvalue weighted by Gasteiger charge is 2.09. The van der Waals surface area contributed by atoms with Crippen molar-refractivity contribution in [3.63, 3.8) is 0 Å². The van der Waals surface area contributed by atoms with Crippen molar-refractivity contribution in [2.24, 2.45) is 0 Å². The van der Waals surface area contributed by atoms with Gasteiger partial charge in [-0.05, 0) is 24.5 Å². The van der Waals surface area contributed by atoms with Crippen LogP contribution < -0.4 is 5.73 Å². The summed E-state index contributed by atoms with van der Waals surface area (Å²) in [4.78, 5) is 0. The van der Waals surface area contributed by atoms with Crippen molar-refractivity contribution < 1.29 is 0 Å². The normalized spacial score (nSPS) is 11.0. The van der Waals surface area contributed by atoms with Crippen LogP contribution in [0, 0.1) is 6.92 Å². The molecule has 2 N–H and O–H groups in total. The molecule has 1 aromatic heterocycles. The molecule has 1 heterocycles. The molecule has 0 saturated carbocycles. The molecule has 0 aliphatic heterocycles. The molecule has 84 valence electrons. The Balaban J connectivity index is 2.55. The van der Waals surface area contributed by atoms with Crippen LogP contribution in [0.5, 0.6) is 0 Å². The Morgan fingerprint density at radius 1 is 1.25 bits per heavy atom. The summed E-state index contributed by atoms with van der Waals surface area (Å²) in [6.45, 7) is 6.28. The molecule has 2 rings (SSSR count). The van der Waals surface area contributed by atoms with Gasteiger partial charge in [0.25, 0.3) is 0 Å². The molecule has 0 spiro atoms. The minimum atomic E-state index is 0.474. The average Bonchev–Trinajstić information content (AvgIpc) is 2.59. The van der Waals surface area contributed by atoms with Gasteiger partial charge in [-0.1, -0.05) is 32.0 Å². The van der Waals surface area contributed by atoms with Gasteiger partial charge < -0.3 is 5.73 Å². The molecule has 2 aromatic rings. The molecule has 0 bridgehead atoms. The van der Waals surface area contributed by atoms with Gasteiger partial charge in [0.15, 0.2) is 0 Å². The van der Waals surface area contributed by atoms with Crippen molar-refractivity contribution >= 4 is 5.69 Å². The largest absolute Gasteiger partial charge is 0.396 e. The van der Waals surface area contributed by atoms with E-state index in [4.69, 9.17) is 5.73 Å². The maximum atomic E-state index is 5.82. The summed E-state index contributed by atoms with van der Waals surface area (Å²) in [5, 5.41) is 4.42. The number of aromatic nitrogens is 2. The number of rotatable bonds is 2. The second kappa shape index (κ2) is 4.00. The van der Waals surface area contributed by atoms with Crippen LogP contribution in [0.1, 0.15) is 31.0 Å². The minimum absolute atomic E-state index is 0.474. The lowest BCUT2D eigenvalue weighted by molar-refractivity contribution is 0.802. The lowest BCUT2D eigenvalue weighted by atomic mass is 10.0. The minimum Gasteiger partial charge on any atom is -0.396 e. The Bertz CT molecular complexity index is 478. The Labute approximate surface area is 95.9 Å². The molecule has 0 aliphatic rings. The van der Waals surface area contributed by atoms with E-state index in [0.29, 0.717) is 5.92 Å². The summed E-state index contributed by atoms with van der Waals surface area (Å²) >= 11 is 0. The van der Waals surface area contributed by atoms with Gasteiger partial charge in [-0.25, -0.2) is 4.68 Å². The van der Waals surface area contributed by atoms with Crippen molar-refractivity contribution in [2.75, 3.05) is 5.73 Å². The fourth-order valence-corrected chi connectivity index (χ4v) is 1.78. The van der Waals surface area contributed by atoms with Gasteiger partial charge in [0.2, 0.25) is 0 Å². The highest BCUT2D eigenvalue weighted by atomic mass is 15.3. The predicted molar refractivity (Wildman–Crippen MR) is 66.8 cm³/mol. The average molecular weight is 215 g/mol. The molecular weight excluding hydrogens is 198 g/mol. The van der Waals surface area contributed by atoms with E-state index in [-0.39, 0.29) is 0 Å². The fraction of sp³-hybridized carbons (Fsp3) is 0.308. The van der Waals surface area contributed by atoms with E-state index in [1.54, 1.807) is 0 Å². The summed E-state index contributed by atoms with van der Waals surface area (Å²) in [7, 11) is 0. The zero-order valence-corrected chi connectivity index (χ0v) is 9.94. The van der Waals surface area contributed by atoms with Crippen molar-refractivity contribution in [3.8, 4) is 5.69 Å². The molecule has 0 unspecified atom stereocenters. The van der Waals surface area contributed by atoms with Crippen molar-refractivity contribution in [2.45, 2.75) is 26.7 Å². The van der Waals surface area contributed by atoms with Crippen LogP contribution in [0.3, 0.4) is 0 Å². The molecule has 0 amide bonds. The molecule has 0 atom stereocenters. The summed E-state index contributed by atoms with van der Waals surface area (Å²) in [5.41, 5.74) is 9.82. The lowest BCUT2D eigenvalue weighted by Crippen LogP contribution is -2.01. The van der Waals surface area contributed by atoms with Gasteiger partial charge in [-0.3, -0.25) is 0 Å². The Morgan fingerprint density at radius 2 is 1.94 bits per heavy atom. The quantitative estimate of drug-likeness (QED) is 0.837. The molecule has 1 aromatic carbocycles. The molecule has 0 aliphatic carbocycles. The van der Waals surface area contributed by atoms with Crippen molar-refractivity contribution in [1.82, 2.24) is 9.78 Å². The van der Waals surface area contributed by atoms with Gasteiger partial charge in [-0.15, -0.1) is 0 Å². The maximum absolute atomic E-state index is 5.82. The second-order valence-electron chi connectivity index (χ2n) is 4.33. The highest BCUT2D eigenvalue weighted by Crippen LogP contribution is 2.23. The number of aryl methyl sites for hydroxylation is 1. The van der Waals surface area contributed by atoms with Gasteiger partial charge in [0, 0.05) is 0 Å². The first kappa shape index (κ1) is 10.7. The standard InChI is InChI=1S/C13H17N3/c1-9(2)11-6-4-5-7-13(11)16-8-12(14)10(3)15-16/h4-9H,14H2,1-3H3. The van der Waals surface area contributed by atoms with Crippen LogP contribution >= 0.6 is 0 Å². The molecule has 0 fully saturated rings. The van der Waals surface area contributed by atoms with Gasteiger partial charge in [0.1, 0.15) is 0 Å². The van der Waals surface area contributed by atoms with Gasteiger partial charge >= 0.3 is 0 Å². The third-order valence-electron chi connectivity index (χ3n) is 2.74. The fourth-order valence-electron chi connectivity index (χ4n) is 1.78. The maximum Gasteiger partial charge on any atom is 0.0827 e. The summed E-state index contributed by atoms with van der Waals surface area (Å²) in [6, 6.07) is 8.28. The molecule has 3 heteroatoms. The Morgan fingerprint density at radius 3 is 2.50 bits per heavy atom. The van der Waals surface area contributed by atoms with Crippen molar-refractivity contribution in [1.29, 1.82) is 0 Å². The third kappa shape index (κ3) is 1.81. The first-order chi connectivity index (χ1) is 7.59. The van der Waals surface area contributed by atoms with E-state index in [2.05, 4.69) is 37.1 Å². The first-order valence-electron chi connectivity index (χ1n) is 5.50. The number of nitrogens with zero attached hydrogens (tertiary/aromatic N) is 2. The van der Waals surface area contributed by atoms with E-state index in [1.165, 1.54) is 5.56 Å². The van der Waals surface area contributed by atoms with Crippen LogP contribution in [0.2, 0.25) is 0 Å². The van der Waals surface area contributed by atoms with Crippen LogP contribution in [0.4, 0.5) is 5.69 Å². The molecule has 0 saturated heterocycles. The van der Waals surface area contributed by atoms with Gasteiger partial charge in [0.05, 0.1) is 23.3 Å². The van der Waals surface area contributed by atoms with E-state index >= 15 is 0 Å². The SMILES string of the molecule is Cc1nn(-c2ccccc2C(C)C)cc1N. The van der Waals surface area contributed by atoms with E-state index in [0.717, 1.165) is 17.1 Å². The number of benzene rings is 1. The third-order valence-corrected chi connectivity index (χ3v) is 2.74. The molecule has 16 heavy (non-hydrogen) atoms. The van der Waals surface area contributed by atoms with Crippen molar-refractivity contribution in [3.05, 3.63) is 41.7 Å². The molecule has 3 nitrogen and oxygen atoms in total. The Hall–Kier alpha value is -1.77.